The summed E-state index contributed by atoms with van der Waals surface area (Å²) < 4.78 is 0. The molecule has 0 saturated carbocycles. The smallest absolute Gasteiger partial charge is 0.0443 e. The van der Waals surface area contributed by atoms with Crippen molar-refractivity contribution in [3.8, 4) is 0 Å². The quantitative estimate of drug-likeness (QED) is 0.222. The molecule has 0 aliphatic carbocycles. The molecule has 0 aromatic rings. The van der Waals surface area contributed by atoms with E-state index in [-0.39, 0.29) is 0 Å². The highest BCUT2D eigenvalue weighted by Gasteiger charge is 2.02. The van der Waals surface area contributed by atoms with Crippen molar-refractivity contribution < 1.29 is 0 Å². The summed E-state index contributed by atoms with van der Waals surface area (Å²) in [4.78, 5) is 0. The first-order valence-electron chi connectivity index (χ1n) is 10.8. The SMILES string of the molecule is CCCCCCCCCCC(C)CCCCCCCCCC. The van der Waals surface area contributed by atoms with Crippen molar-refractivity contribution in [2.75, 3.05) is 0 Å². The van der Waals surface area contributed by atoms with Crippen LogP contribution in [0.4, 0.5) is 0 Å². The van der Waals surface area contributed by atoms with Gasteiger partial charge in [0.25, 0.3) is 0 Å². The van der Waals surface area contributed by atoms with E-state index in [1.165, 1.54) is 116 Å². The van der Waals surface area contributed by atoms with Gasteiger partial charge >= 0.3 is 0 Å². The molecule has 0 aliphatic heterocycles. The molecule has 0 bridgehead atoms. The van der Waals surface area contributed by atoms with Crippen LogP contribution in [-0.2, 0) is 0 Å². The minimum absolute atomic E-state index is 0.972. The highest BCUT2D eigenvalue weighted by molar-refractivity contribution is 4.56. The van der Waals surface area contributed by atoms with E-state index in [2.05, 4.69) is 20.8 Å². The van der Waals surface area contributed by atoms with E-state index in [1.54, 1.807) is 0 Å². The third kappa shape index (κ3) is 18.1. The Balaban J connectivity index is 3.11. The zero-order valence-electron chi connectivity index (χ0n) is 16.3. The van der Waals surface area contributed by atoms with Gasteiger partial charge in [-0.1, -0.05) is 136 Å². The molecule has 0 atom stereocenters. The zero-order chi connectivity index (χ0) is 16.3. The second-order valence-corrected chi connectivity index (χ2v) is 7.63. The fourth-order valence-corrected chi connectivity index (χ4v) is 3.40. The van der Waals surface area contributed by atoms with Gasteiger partial charge in [-0.25, -0.2) is 0 Å². The molecule has 0 nitrogen and oxygen atoms in total. The van der Waals surface area contributed by atoms with Gasteiger partial charge in [-0.2, -0.15) is 0 Å². The van der Waals surface area contributed by atoms with Crippen LogP contribution >= 0.6 is 0 Å². The van der Waals surface area contributed by atoms with Crippen molar-refractivity contribution in [2.24, 2.45) is 5.92 Å². The van der Waals surface area contributed by atoms with Gasteiger partial charge in [0, 0.05) is 0 Å². The Labute approximate surface area is 142 Å². The highest BCUT2D eigenvalue weighted by Crippen LogP contribution is 2.18. The Morgan fingerprint density at radius 1 is 0.409 bits per heavy atom. The molecule has 0 rings (SSSR count). The summed E-state index contributed by atoms with van der Waals surface area (Å²) in [7, 11) is 0. The summed E-state index contributed by atoms with van der Waals surface area (Å²) in [6.07, 6.45) is 26.3. The van der Waals surface area contributed by atoms with Crippen LogP contribution in [-0.4, -0.2) is 0 Å². The van der Waals surface area contributed by atoms with Gasteiger partial charge in [-0.3, -0.25) is 0 Å². The highest BCUT2D eigenvalue weighted by atomic mass is 14.1. The summed E-state index contributed by atoms with van der Waals surface area (Å²) in [5.41, 5.74) is 0. The number of rotatable bonds is 18. The van der Waals surface area contributed by atoms with E-state index in [1.807, 2.05) is 0 Å². The van der Waals surface area contributed by atoms with E-state index in [9.17, 15) is 0 Å². The lowest BCUT2D eigenvalue weighted by molar-refractivity contribution is 0.430. The molecule has 0 radical (unpaired) electrons. The van der Waals surface area contributed by atoms with E-state index >= 15 is 0 Å². The monoisotopic (exact) mass is 310 g/mol. The minimum Gasteiger partial charge on any atom is -0.0654 e. The van der Waals surface area contributed by atoms with Crippen molar-refractivity contribution in [1.29, 1.82) is 0 Å². The summed E-state index contributed by atoms with van der Waals surface area (Å²) in [5, 5.41) is 0. The van der Waals surface area contributed by atoms with Crippen LogP contribution in [0, 0.1) is 5.92 Å². The van der Waals surface area contributed by atoms with Crippen LogP contribution in [0.25, 0.3) is 0 Å². The van der Waals surface area contributed by atoms with E-state index in [0.29, 0.717) is 0 Å². The average molecular weight is 311 g/mol. The Hall–Kier alpha value is 0. The van der Waals surface area contributed by atoms with Crippen LogP contribution in [0.5, 0.6) is 0 Å². The lowest BCUT2D eigenvalue weighted by Crippen LogP contribution is -1.95. The number of hydrogen-bond acceptors (Lipinski definition) is 0. The molecule has 0 heteroatoms. The lowest BCUT2D eigenvalue weighted by atomic mass is 9.96. The standard InChI is InChI=1S/C22H46/c1-4-6-8-10-12-14-16-18-20-22(3)21-19-17-15-13-11-9-7-5-2/h22H,4-21H2,1-3H3. The van der Waals surface area contributed by atoms with Gasteiger partial charge in [-0.15, -0.1) is 0 Å². The van der Waals surface area contributed by atoms with Gasteiger partial charge in [0.15, 0.2) is 0 Å². The van der Waals surface area contributed by atoms with Crippen LogP contribution in [0.15, 0.2) is 0 Å². The molecular weight excluding hydrogens is 264 g/mol. The van der Waals surface area contributed by atoms with Gasteiger partial charge in [0.2, 0.25) is 0 Å². The maximum absolute atomic E-state index is 2.47. The molecule has 0 aliphatic rings. The van der Waals surface area contributed by atoms with Gasteiger partial charge in [0.1, 0.15) is 0 Å². The zero-order valence-corrected chi connectivity index (χ0v) is 16.3. The van der Waals surface area contributed by atoms with Crippen LogP contribution in [0.1, 0.15) is 136 Å². The van der Waals surface area contributed by atoms with Gasteiger partial charge in [0.05, 0.1) is 0 Å². The topological polar surface area (TPSA) is 0 Å². The first kappa shape index (κ1) is 22.0. The molecule has 0 heterocycles. The molecule has 0 unspecified atom stereocenters. The largest absolute Gasteiger partial charge is 0.0654 e. The molecular formula is C22H46. The lowest BCUT2D eigenvalue weighted by Gasteiger charge is -2.11. The van der Waals surface area contributed by atoms with Crippen LogP contribution in [0.3, 0.4) is 0 Å². The second-order valence-electron chi connectivity index (χ2n) is 7.63. The van der Waals surface area contributed by atoms with Crippen molar-refractivity contribution in [3.63, 3.8) is 0 Å². The minimum atomic E-state index is 0.972. The fourth-order valence-electron chi connectivity index (χ4n) is 3.40. The molecule has 0 N–H and O–H groups in total. The molecule has 0 aromatic heterocycles. The predicted octanol–water partition coefficient (Wildman–Crippen LogP) is 8.68. The van der Waals surface area contributed by atoms with E-state index < -0.39 is 0 Å². The Kier molecular flexibility index (Phi) is 19.0. The third-order valence-electron chi connectivity index (χ3n) is 5.10. The summed E-state index contributed by atoms with van der Waals surface area (Å²) in [6.45, 7) is 7.07. The summed E-state index contributed by atoms with van der Waals surface area (Å²) >= 11 is 0. The Morgan fingerprint density at radius 3 is 1.00 bits per heavy atom. The van der Waals surface area contributed by atoms with Crippen molar-refractivity contribution in [3.05, 3.63) is 0 Å². The van der Waals surface area contributed by atoms with Crippen LogP contribution in [0.2, 0.25) is 0 Å². The predicted molar refractivity (Wildman–Crippen MR) is 104 cm³/mol. The molecule has 0 aromatic carbocycles. The van der Waals surface area contributed by atoms with Gasteiger partial charge in [-0.05, 0) is 5.92 Å². The number of hydrogen-bond donors (Lipinski definition) is 0. The van der Waals surface area contributed by atoms with E-state index in [0.717, 1.165) is 5.92 Å². The molecule has 0 saturated heterocycles. The van der Waals surface area contributed by atoms with Crippen molar-refractivity contribution >= 4 is 0 Å². The first-order valence-corrected chi connectivity index (χ1v) is 10.8. The molecule has 0 amide bonds. The molecule has 0 fully saturated rings. The fraction of sp³-hybridized carbons (Fsp3) is 1.00. The van der Waals surface area contributed by atoms with Crippen LogP contribution < -0.4 is 0 Å². The van der Waals surface area contributed by atoms with Gasteiger partial charge < -0.3 is 0 Å². The Bertz CT molecular complexity index is 164. The average Bonchev–Trinajstić information content (AvgIpc) is 2.52. The van der Waals surface area contributed by atoms with Crippen molar-refractivity contribution in [1.82, 2.24) is 0 Å². The summed E-state index contributed by atoms with van der Waals surface area (Å²) in [6, 6.07) is 0. The maximum Gasteiger partial charge on any atom is -0.0443 e. The first-order chi connectivity index (χ1) is 10.8. The molecule has 22 heavy (non-hydrogen) atoms. The Morgan fingerprint density at radius 2 is 0.682 bits per heavy atom. The number of unbranched alkanes of at least 4 members (excludes halogenated alkanes) is 14. The maximum atomic E-state index is 2.47. The molecule has 134 valence electrons. The van der Waals surface area contributed by atoms with Crippen molar-refractivity contribution in [2.45, 2.75) is 136 Å². The normalized spacial score (nSPS) is 11.5. The second kappa shape index (κ2) is 19.0. The van der Waals surface area contributed by atoms with E-state index in [4.69, 9.17) is 0 Å². The molecule has 0 spiro atoms. The third-order valence-corrected chi connectivity index (χ3v) is 5.10. The summed E-state index contributed by atoms with van der Waals surface area (Å²) in [5.74, 6) is 0.972.